The molecule has 170 valence electrons. The minimum Gasteiger partial charge on any atom is -0.475 e. The van der Waals surface area contributed by atoms with Gasteiger partial charge in [0.1, 0.15) is 0 Å². The van der Waals surface area contributed by atoms with Crippen LogP contribution in [0, 0.1) is 0 Å². The number of sulfonamides is 1. The highest BCUT2D eigenvalue weighted by atomic mass is 35.5. The second-order valence-corrected chi connectivity index (χ2v) is 8.69. The molecule has 1 amide bonds. The van der Waals surface area contributed by atoms with Gasteiger partial charge in [-0.05, 0) is 25.1 Å². The molecule has 1 fully saturated rings. The minimum absolute atomic E-state index is 0.0624. The monoisotopic (exact) mass is 473 g/mol. The molecule has 0 saturated carbocycles. The summed E-state index contributed by atoms with van der Waals surface area (Å²) >= 11 is 5.91. The van der Waals surface area contributed by atoms with Crippen molar-refractivity contribution < 1.29 is 36.3 Å². The zero-order valence-corrected chi connectivity index (χ0v) is 17.7. The Labute approximate surface area is 177 Å². The molecule has 2 N–H and O–H groups in total. The van der Waals surface area contributed by atoms with Gasteiger partial charge in [-0.15, -0.1) is 0 Å². The zero-order chi connectivity index (χ0) is 22.9. The molecule has 13 heteroatoms. The molecule has 1 aromatic rings. The van der Waals surface area contributed by atoms with Crippen molar-refractivity contribution in [2.24, 2.45) is 0 Å². The van der Waals surface area contributed by atoms with Crippen LogP contribution < -0.4 is 5.32 Å². The van der Waals surface area contributed by atoms with Crippen LogP contribution in [-0.2, 0) is 14.8 Å². The second kappa shape index (κ2) is 11.5. The Morgan fingerprint density at radius 2 is 1.83 bits per heavy atom. The van der Waals surface area contributed by atoms with Crippen LogP contribution >= 0.6 is 11.6 Å². The zero-order valence-electron chi connectivity index (χ0n) is 16.2. The molecule has 1 saturated heterocycles. The summed E-state index contributed by atoms with van der Waals surface area (Å²) in [5.41, 5.74) is 0.471. The van der Waals surface area contributed by atoms with E-state index in [1.807, 2.05) is 6.92 Å². The normalized spacial score (nSPS) is 15.1. The molecular weight excluding hydrogens is 451 g/mol. The number of piperazine rings is 1. The molecule has 0 unspecified atom stereocenters. The number of hydrogen-bond donors (Lipinski definition) is 2. The summed E-state index contributed by atoms with van der Waals surface area (Å²) in [6.07, 6.45) is -5.08. The maximum Gasteiger partial charge on any atom is 0.490 e. The fourth-order valence-corrected chi connectivity index (χ4v) is 4.12. The van der Waals surface area contributed by atoms with Crippen molar-refractivity contribution in [1.29, 1.82) is 0 Å². The van der Waals surface area contributed by atoms with Crippen LogP contribution in [0.3, 0.4) is 0 Å². The first-order chi connectivity index (χ1) is 13.9. The number of carbonyl (C=O) groups excluding carboxylic acids is 1. The summed E-state index contributed by atoms with van der Waals surface area (Å²) in [7, 11) is -3.34. The quantitative estimate of drug-likeness (QED) is 0.651. The number of hydrogen-bond acceptors (Lipinski definition) is 5. The summed E-state index contributed by atoms with van der Waals surface area (Å²) in [6.45, 7) is 4.75. The first-order valence-electron chi connectivity index (χ1n) is 8.92. The van der Waals surface area contributed by atoms with Gasteiger partial charge in [0.2, 0.25) is 10.0 Å². The van der Waals surface area contributed by atoms with Crippen LogP contribution in [0.25, 0.3) is 0 Å². The fourth-order valence-electron chi connectivity index (χ4n) is 2.48. The largest absolute Gasteiger partial charge is 0.490 e. The minimum atomic E-state index is -5.08. The van der Waals surface area contributed by atoms with Crippen molar-refractivity contribution in [2.75, 3.05) is 45.0 Å². The number of amides is 1. The van der Waals surface area contributed by atoms with Gasteiger partial charge in [0, 0.05) is 49.9 Å². The highest BCUT2D eigenvalue weighted by Gasteiger charge is 2.38. The number of aliphatic carboxylic acids is 1. The van der Waals surface area contributed by atoms with E-state index in [9.17, 15) is 26.4 Å². The Hall–Kier alpha value is -1.89. The van der Waals surface area contributed by atoms with E-state index in [4.69, 9.17) is 21.5 Å². The Balaban J connectivity index is 0.000000553. The molecule has 0 spiro atoms. The summed E-state index contributed by atoms with van der Waals surface area (Å²) < 4.78 is 57.9. The predicted octanol–water partition coefficient (Wildman–Crippen LogP) is 1.67. The molecule has 0 radical (unpaired) electrons. The number of halogens is 4. The van der Waals surface area contributed by atoms with Gasteiger partial charge in [0.25, 0.3) is 5.91 Å². The number of nitrogens with one attached hydrogen (secondary N) is 1. The first-order valence-corrected chi connectivity index (χ1v) is 10.9. The fraction of sp³-hybridized carbons (Fsp3) is 0.529. The van der Waals surface area contributed by atoms with Crippen molar-refractivity contribution in [3.63, 3.8) is 0 Å². The van der Waals surface area contributed by atoms with E-state index in [-0.39, 0.29) is 18.2 Å². The molecule has 0 bridgehead atoms. The van der Waals surface area contributed by atoms with Gasteiger partial charge in [0.05, 0.1) is 5.75 Å². The first kappa shape index (κ1) is 26.1. The van der Waals surface area contributed by atoms with E-state index in [0.717, 1.165) is 0 Å². The van der Waals surface area contributed by atoms with Crippen molar-refractivity contribution in [3.8, 4) is 0 Å². The van der Waals surface area contributed by atoms with Gasteiger partial charge < -0.3 is 15.3 Å². The van der Waals surface area contributed by atoms with Gasteiger partial charge in [-0.3, -0.25) is 4.79 Å². The number of carbonyl (C=O) groups is 2. The number of carboxylic acid groups (broad SMARTS) is 1. The average Bonchev–Trinajstić information content (AvgIpc) is 2.68. The van der Waals surface area contributed by atoms with Crippen LogP contribution in [0.5, 0.6) is 0 Å². The lowest BCUT2D eigenvalue weighted by Gasteiger charge is -2.28. The van der Waals surface area contributed by atoms with Crippen molar-refractivity contribution in [1.82, 2.24) is 14.5 Å². The molecule has 1 aromatic carbocycles. The maximum absolute atomic E-state index is 12.5. The van der Waals surface area contributed by atoms with E-state index in [1.165, 1.54) is 9.21 Å². The van der Waals surface area contributed by atoms with Crippen LogP contribution in [0.4, 0.5) is 13.2 Å². The Bertz CT molecular complexity index is 830. The van der Waals surface area contributed by atoms with Crippen LogP contribution in [-0.4, -0.2) is 85.8 Å². The lowest BCUT2D eigenvalue weighted by atomic mass is 10.2. The van der Waals surface area contributed by atoms with E-state index >= 15 is 0 Å². The van der Waals surface area contributed by atoms with E-state index in [0.29, 0.717) is 43.3 Å². The maximum atomic E-state index is 12.5. The number of rotatable bonds is 6. The summed E-state index contributed by atoms with van der Waals surface area (Å²) in [6, 6.07) is 6.68. The van der Waals surface area contributed by atoms with Gasteiger partial charge >= 0.3 is 12.1 Å². The van der Waals surface area contributed by atoms with Crippen LogP contribution in [0.2, 0.25) is 5.02 Å². The second-order valence-electron chi connectivity index (χ2n) is 6.16. The lowest BCUT2D eigenvalue weighted by molar-refractivity contribution is -0.192. The number of nitrogens with zero attached hydrogens (tertiary/aromatic N) is 2. The van der Waals surface area contributed by atoms with Crippen molar-refractivity contribution in [3.05, 3.63) is 34.9 Å². The Kier molecular flexibility index (Phi) is 10.0. The van der Waals surface area contributed by atoms with Gasteiger partial charge in [-0.1, -0.05) is 17.7 Å². The van der Waals surface area contributed by atoms with Crippen LogP contribution in [0.1, 0.15) is 17.3 Å². The Morgan fingerprint density at radius 3 is 2.30 bits per heavy atom. The molecule has 1 aliphatic rings. The molecule has 1 heterocycles. The SMILES string of the molecule is CCN(CCS(=O)(=O)N1CCNCC1)C(=O)c1cccc(Cl)c1.O=C(O)C(F)(F)F. The summed E-state index contributed by atoms with van der Waals surface area (Å²) in [4.78, 5) is 22.9. The van der Waals surface area contributed by atoms with E-state index in [1.54, 1.807) is 24.3 Å². The molecular formula is C17H23ClF3N3O5S. The third-order valence-electron chi connectivity index (χ3n) is 4.07. The molecule has 0 atom stereocenters. The smallest absolute Gasteiger partial charge is 0.475 e. The third kappa shape index (κ3) is 8.46. The molecule has 30 heavy (non-hydrogen) atoms. The average molecular weight is 474 g/mol. The molecule has 2 rings (SSSR count). The van der Waals surface area contributed by atoms with Gasteiger partial charge in [-0.25, -0.2) is 13.2 Å². The number of benzene rings is 1. The van der Waals surface area contributed by atoms with Gasteiger partial charge in [-0.2, -0.15) is 17.5 Å². The predicted molar refractivity (Wildman–Crippen MR) is 105 cm³/mol. The Morgan fingerprint density at radius 1 is 1.27 bits per heavy atom. The standard InChI is InChI=1S/C15H22ClN3O3S.C2HF3O2/c1-2-18(15(20)13-4-3-5-14(16)12-13)10-11-23(21,22)19-8-6-17-7-9-19;3-2(4,5)1(6)7/h3-5,12,17H,2,6-11H2,1H3;(H,6,7). The lowest BCUT2D eigenvalue weighted by Crippen LogP contribution is -2.48. The van der Waals surface area contributed by atoms with Crippen molar-refractivity contribution in [2.45, 2.75) is 13.1 Å². The third-order valence-corrected chi connectivity index (χ3v) is 6.16. The number of carboxylic acids is 1. The highest BCUT2D eigenvalue weighted by Crippen LogP contribution is 2.14. The highest BCUT2D eigenvalue weighted by molar-refractivity contribution is 7.89. The topological polar surface area (TPSA) is 107 Å². The summed E-state index contributed by atoms with van der Waals surface area (Å²) in [5, 5.41) is 10.7. The molecule has 0 aliphatic carbocycles. The van der Waals surface area contributed by atoms with Gasteiger partial charge in [0.15, 0.2) is 0 Å². The van der Waals surface area contributed by atoms with Crippen molar-refractivity contribution >= 4 is 33.5 Å². The molecule has 1 aliphatic heterocycles. The number of alkyl halides is 3. The van der Waals surface area contributed by atoms with E-state index in [2.05, 4.69) is 5.32 Å². The molecule has 8 nitrogen and oxygen atoms in total. The summed E-state index contributed by atoms with van der Waals surface area (Å²) in [5.74, 6) is -3.02. The van der Waals surface area contributed by atoms with Crippen LogP contribution in [0.15, 0.2) is 24.3 Å². The molecule has 0 aromatic heterocycles. The van der Waals surface area contributed by atoms with E-state index < -0.39 is 22.2 Å².